The van der Waals surface area contributed by atoms with Crippen molar-refractivity contribution in [1.29, 1.82) is 0 Å². The van der Waals surface area contributed by atoms with Gasteiger partial charge in [-0.25, -0.2) is 9.97 Å². The molecule has 1 heterocycles. The zero-order chi connectivity index (χ0) is 20.1. The Labute approximate surface area is 159 Å². The Bertz CT molecular complexity index is 989. The number of carbonyl (C=O) groups is 1. The predicted octanol–water partition coefficient (Wildman–Crippen LogP) is 4.67. The van der Waals surface area contributed by atoms with Crippen molar-refractivity contribution in [1.82, 2.24) is 9.97 Å². The van der Waals surface area contributed by atoms with E-state index in [0.29, 0.717) is 12.4 Å². The first-order valence-corrected chi connectivity index (χ1v) is 8.42. The van der Waals surface area contributed by atoms with Crippen molar-refractivity contribution < 1.29 is 18.0 Å². The molecule has 3 rings (SSSR count). The molecule has 0 aliphatic heterocycles. The first kappa shape index (κ1) is 19.3. The summed E-state index contributed by atoms with van der Waals surface area (Å²) in [6, 6.07) is 13.7. The molecule has 0 bridgehead atoms. The van der Waals surface area contributed by atoms with Gasteiger partial charge in [0, 0.05) is 18.3 Å². The van der Waals surface area contributed by atoms with Crippen molar-refractivity contribution in [3.8, 4) is 0 Å². The van der Waals surface area contributed by atoms with Gasteiger partial charge in [-0.3, -0.25) is 4.79 Å². The lowest BCUT2D eigenvalue weighted by Crippen LogP contribution is -2.15. The third kappa shape index (κ3) is 4.85. The molecule has 0 spiro atoms. The molecule has 1 amide bonds. The molecule has 8 heteroatoms. The second kappa shape index (κ2) is 8.08. The van der Waals surface area contributed by atoms with Crippen molar-refractivity contribution >= 4 is 17.4 Å². The normalized spacial score (nSPS) is 11.1. The minimum atomic E-state index is -4.48. The molecule has 1 aromatic heterocycles. The third-order valence-electron chi connectivity index (χ3n) is 4.07. The molecule has 0 unspecified atom stereocenters. The van der Waals surface area contributed by atoms with E-state index in [-0.39, 0.29) is 11.4 Å². The van der Waals surface area contributed by atoms with Crippen molar-refractivity contribution in [2.75, 3.05) is 10.6 Å². The maximum Gasteiger partial charge on any atom is 0.416 e. The number of anilines is 2. The Hall–Kier alpha value is -3.42. The average molecular weight is 386 g/mol. The molecule has 0 saturated carbocycles. The summed E-state index contributed by atoms with van der Waals surface area (Å²) in [6.07, 6.45) is -3.26. The lowest BCUT2D eigenvalue weighted by atomic mass is 10.1. The molecule has 2 N–H and O–H groups in total. The minimum absolute atomic E-state index is 0.0351. The molecule has 0 radical (unpaired) electrons. The van der Waals surface area contributed by atoms with Crippen LogP contribution in [-0.2, 0) is 12.7 Å². The number of nitrogens with zero attached hydrogens (tertiary/aromatic N) is 2. The Morgan fingerprint density at radius 3 is 2.57 bits per heavy atom. The fourth-order valence-electron chi connectivity index (χ4n) is 2.54. The summed E-state index contributed by atoms with van der Waals surface area (Å²) >= 11 is 0. The number of hydrogen-bond acceptors (Lipinski definition) is 4. The molecular formula is C20H17F3N4O. The zero-order valence-corrected chi connectivity index (χ0v) is 14.9. The number of benzene rings is 2. The summed E-state index contributed by atoms with van der Waals surface area (Å²) in [7, 11) is 0. The summed E-state index contributed by atoms with van der Waals surface area (Å²) in [5.41, 5.74) is 1.43. The third-order valence-corrected chi connectivity index (χ3v) is 4.07. The van der Waals surface area contributed by atoms with Gasteiger partial charge in [0.05, 0.1) is 5.56 Å². The molecular weight excluding hydrogens is 369 g/mol. The van der Waals surface area contributed by atoms with Crippen LogP contribution in [-0.4, -0.2) is 15.9 Å². The number of halogens is 3. The highest BCUT2D eigenvalue weighted by Gasteiger charge is 2.30. The summed E-state index contributed by atoms with van der Waals surface area (Å²) in [4.78, 5) is 20.3. The molecule has 144 valence electrons. The van der Waals surface area contributed by atoms with Gasteiger partial charge in [0.15, 0.2) is 0 Å². The largest absolute Gasteiger partial charge is 0.416 e. The molecule has 0 fully saturated rings. The molecule has 0 saturated heterocycles. The second-order valence-corrected chi connectivity index (χ2v) is 6.10. The number of aryl methyl sites for hydroxylation is 1. The first-order chi connectivity index (χ1) is 13.3. The highest BCUT2D eigenvalue weighted by Crippen LogP contribution is 2.30. The molecule has 2 aromatic carbocycles. The monoisotopic (exact) mass is 386 g/mol. The van der Waals surface area contributed by atoms with Crippen LogP contribution in [0.15, 0.2) is 60.9 Å². The Balaban J connectivity index is 1.70. The van der Waals surface area contributed by atoms with Crippen LogP contribution >= 0.6 is 0 Å². The van der Waals surface area contributed by atoms with Crippen molar-refractivity contribution in [3.05, 3.63) is 83.3 Å². The summed E-state index contributed by atoms with van der Waals surface area (Å²) in [5.74, 6) is -0.187. The van der Waals surface area contributed by atoms with E-state index in [2.05, 4.69) is 20.6 Å². The van der Waals surface area contributed by atoms with E-state index < -0.39 is 17.6 Å². The van der Waals surface area contributed by atoms with E-state index in [1.807, 2.05) is 31.2 Å². The van der Waals surface area contributed by atoms with E-state index in [4.69, 9.17) is 0 Å². The number of alkyl halides is 3. The summed E-state index contributed by atoms with van der Waals surface area (Å²) in [5, 5.41) is 5.53. The number of aromatic nitrogens is 2. The fraction of sp³-hybridized carbons (Fsp3) is 0.150. The van der Waals surface area contributed by atoms with Crippen molar-refractivity contribution in [3.63, 3.8) is 0 Å². The van der Waals surface area contributed by atoms with Crippen LogP contribution in [0.1, 0.15) is 27.2 Å². The van der Waals surface area contributed by atoms with Gasteiger partial charge in [-0.2, -0.15) is 13.2 Å². The fourth-order valence-corrected chi connectivity index (χ4v) is 2.54. The van der Waals surface area contributed by atoms with Crippen LogP contribution in [0.3, 0.4) is 0 Å². The maximum atomic E-state index is 12.8. The first-order valence-electron chi connectivity index (χ1n) is 8.42. The van der Waals surface area contributed by atoms with Gasteiger partial charge < -0.3 is 10.6 Å². The number of amides is 1. The second-order valence-electron chi connectivity index (χ2n) is 6.10. The van der Waals surface area contributed by atoms with Gasteiger partial charge in [-0.05, 0) is 36.2 Å². The van der Waals surface area contributed by atoms with Gasteiger partial charge >= 0.3 is 6.18 Å². The zero-order valence-electron chi connectivity index (χ0n) is 14.9. The van der Waals surface area contributed by atoms with Crippen LogP contribution in [0.4, 0.5) is 24.7 Å². The van der Waals surface area contributed by atoms with E-state index in [9.17, 15) is 18.0 Å². The van der Waals surface area contributed by atoms with Crippen LogP contribution in [0, 0.1) is 6.92 Å². The lowest BCUT2D eigenvalue weighted by molar-refractivity contribution is -0.137. The van der Waals surface area contributed by atoms with E-state index in [1.54, 1.807) is 0 Å². The van der Waals surface area contributed by atoms with Gasteiger partial charge in [0.25, 0.3) is 5.91 Å². The summed E-state index contributed by atoms with van der Waals surface area (Å²) in [6.45, 7) is 2.50. The van der Waals surface area contributed by atoms with E-state index in [1.165, 1.54) is 24.5 Å². The van der Waals surface area contributed by atoms with Crippen LogP contribution in [0.25, 0.3) is 0 Å². The molecule has 0 aliphatic carbocycles. The smallest absolute Gasteiger partial charge is 0.366 e. The van der Waals surface area contributed by atoms with Gasteiger partial charge in [-0.15, -0.1) is 0 Å². The van der Waals surface area contributed by atoms with E-state index in [0.717, 1.165) is 23.3 Å². The van der Waals surface area contributed by atoms with Crippen molar-refractivity contribution in [2.24, 2.45) is 0 Å². The Morgan fingerprint density at radius 1 is 1.04 bits per heavy atom. The van der Waals surface area contributed by atoms with E-state index >= 15 is 0 Å². The highest BCUT2D eigenvalue weighted by atomic mass is 19.4. The molecule has 3 aromatic rings. The molecule has 0 aliphatic rings. The topological polar surface area (TPSA) is 66.9 Å². The van der Waals surface area contributed by atoms with Gasteiger partial charge in [-0.1, -0.05) is 30.3 Å². The quantitative estimate of drug-likeness (QED) is 0.669. The highest BCUT2D eigenvalue weighted by molar-refractivity contribution is 6.03. The number of rotatable bonds is 5. The lowest BCUT2D eigenvalue weighted by Gasteiger charge is -2.11. The average Bonchev–Trinajstić information content (AvgIpc) is 2.67. The maximum absolute atomic E-state index is 12.8. The SMILES string of the molecule is Cc1ccccc1CNc1cc(C(=O)Nc2cccc(C(F)(F)F)c2)ncn1. The molecule has 28 heavy (non-hydrogen) atoms. The number of nitrogens with one attached hydrogen (secondary N) is 2. The number of hydrogen-bond donors (Lipinski definition) is 2. The molecule has 5 nitrogen and oxygen atoms in total. The standard InChI is InChI=1S/C20H17F3N4O/c1-13-5-2-3-6-14(13)11-24-18-10-17(25-12-26-18)19(28)27-16-8-4-7-15(9-16)20(21,22)23/h2-10,12H,11H2,1H3,(H,27,28)(H,24,25,26). The minimum Gasteiger partial charge on any atom is -0.366 e. The molecule has 0 atom stereocenters. The number of carbonyl (C=O) groups excluding carboxylic acids is 1. The van der Waals surface area contributed by atoms with Crippen LogP contribution in [0.2, 0.25) is 0 Å². The predicted molar refractivity (Wildman–Crippen MR) is 99.9 cm³/mol. The Kier molecular flexibility index (Phi) is 5.58. The van der Waals surface area contributed by atoms with Crippen LogP contribution < -0.4 is 10.6 Å². The Morgan fingerprint density at radius 2 is 1.82 bits per heavy atom. The van der Waals surface area contributed by atoms with Crippen LogP contribution in [0.5, 0.6) is 0 Å². The van der Waals surface area contributed by atoms with Gasteiger partial charge in [0.2, 0.25) is 0 Å². The summed E-state index contributed by atoms with van der Waals surface area (Å²) < 4.78 is 38.4. The van der Waals surface area contributed by atoms with Crippen molar-refractivity contribution in [2.45, 2.75) is 19.6 Å². The van der Waals surface area contributed by atoms with Gasteiger partial charge in [0.1, 0.15) is 17.8 Å².